The predicted molar refractivity (Wildman–Crippen MR) is 63.0 cm³/mol. The van der Waals surface area contributed by atoms with Gasteiger partial charge in [0.15, 0.2) is 0 Å². The molecule has 0 aromatic heterocycles. The van der Waals surface area contributed by atoms with Gasteiger partial charge in [0, 0.05) is 10.1 Å². The Hall–Kier alpha value is -0.180. The molecule has 1 aromatic carbocycles. The maximum atomic E-state index is 9.16. The van der Waals surface area contributed by atoms with E-state index in [2.05, 4.69) is 13.8 Å². The van der Waals surface area contributed by atoms with E-state index >= 15 is 0 Å². The summed E-state index contributed by atoms with van der Waals surface area (Å²) in [5, 5.41) is 10.4. The Balaban J connectivity index is 2.92. The van der Waals surface area contributed by atoms with Gasteiger partial charge >= 0.3 is 0 Å². The van der Waals surface area contributed by atoms with Crippen LogP contribution in [-0.4, -0.2) is 10.4 Å². The highest BCUT2D eigenvalue weighted by Crippen LogP contribution is 2.34. The van der Waals surface area contributed by atoms with Gasteiger partial charge in [-0.2, -0.15) is 0 Å². The molecule has 1 atom stereocenters. The fourth-order valence-corrected chi connectivity index (χ4v) is 2.46. The number of aliphatic hydroxyl groups is 1. The van der Waals surface area contributed by atoms with Gasteiger partial charge in [0.05, 0.1) is 11.6 Å². The standard InChI is InChI=1S/C11H15ClOS/c1-3-8(2)14-11-9(7-13)5-4-6-10(11)12/h4-6,8,13H,3,7H2,1-2H3. The third kappa shape index (κ3) is 2.91. The molecule has 0 fully saturated rings. The van der Waals surface area contributed by atoms with E-state index in [4.69, 9.17) is 16.7 Å². The second kappa shape index (κ2) is 5.64. The van der Waals surface area contributed by atoms with Crippen molar-refractivity contribution in [3.8, 4) is 0 Å². The molecular weight excluding hydrogens is 216 g/mol. The Morgan fingerprint density at radius 2 is 2.21 bits per heavy atom. The highest BCUT2D eigenvalue weighted by Gasteiger charge is 2.09. The van der Waals surface area contributed by atoms with Crippen LogP contribution in [0.5, 0.6) is 0 Å². The fraction of sp³-hybridized carbons (Fsp3) is 0.455. The lowest BCUT2D eigenvalue weighted by molar-refractivity contribution is 0.279. The van der Waals surface area contributed by atoms with Gasteiger partial charge in [-0.1, -0.05) is 37.6 Å². The topological polar surface area (TPSA) is 20.2 Å². The van der Waals surface area contributed by atoms with Crippen LogP contribution in [0.15, 0.2) is 23.1 Å². The molecule has 78 valence electrons. The number of hydrogen-bond donors (Lipinski definition) is 1. The molecule has 14 heavy (non-hydrogen) atoms. The van der Waals surface area contributed by atoms with Crippen LogP contribution in [0.4, 0.5) is 0 Å². The molecule has 0 heterocycles. The Morgan fingerprint density at radius 3 is 2.79 bits per heavy atom. The zero-order chi connectivity index (χ0) is 10.6. The number of halogens is 1. The van der Waals surface area contributed by atoms with E-state index in [1.165, 1.54) is 0 Å². The maximum Gasteiger partial charge on any atom is 0.0693 e. The smallest absolute Gasteiger partial charge is 0.0693 e. The number of benzene rings is 1. The zero-order valence-corrected chi connectivity index (χ0v) is 10.0. The predicted octanol–water partition coefficient (Wildman–Crippen LogP) is 3.72. The van der Waals surface area contributed by atoms with Crippen molar-refractivity contribution >= 4 is 23.4 Å². The fourth-order valence-electron chi connectivity index (χ4n) is 1.09. The van der Waals surface area contributed by atoms with E-state index in [0.717, 1.165) is 21.9 Å². The van der Waals surface area contributed by atoms with Crippen molar-refractivity contribution in [1.82, 2.24) is 0 Å². The second-order valence-electron chi connectivity index (χ2n) is 3.22. The molecule has 0 aliphatic heterocycles. The van der Waals surface area contributed by atoms with Gasteiger partial charge in [-0.25, -0.2) is 0 Å². The van der Waals surface area contributed by atoms with Gasteiger partial charge < -0.3 is 5.11 Å². The van der Waals surface area contributed by atoms with Crippen LogP contribution in [0.25, 0.3) is 0 Å². The van der Waals surface area contributed by atoms with Crippen molar-refractivity contribution in [3.63, 3.8) is 0 Å². The molecular formula is C11H15ClOS. The van der Waals surface area contributed by atoms with Crippen molar-refractivity contribution in [1.29, 1.82) is 0 Å². The largest absolute Gasteiger partial charge is 0.392 e. The second-order valence-corrected chi connectivity index (χ2v) is 5.08. The molecule has 1 nitrogen and oxygen atoms in total. The third-order valence-electron chi connectivity index (χ3n) is 2.11. The summed E-state index contributed by atoms with van der Waals surface area (Å²) in [6.07, 6.45) is 1.10. The van der Waals surface area contributed by atoms with Crippen molar-refractivity contribution in [2.45, 2.75) is 37.0 Å². The van der Waals surface area contributed by atoms with E-state index < -0.39 is 0 Å². The highest BCUT2D eigenvalue weighted by atomic mass is 35.5. The van der Waals surface area contributed by atoms with Crippen LogP contribution in [0.2, 0.25) is 5.02 Å². The maximum absolute atomic E-state index is 9.16. The quantitative estimate of drug-likeness (QED) is 0.796. The molecule has 1 unspecified atom stereocenters. The molecule has 0 saturated carbocycles. The SMILES string of the molecule is CCC(C)Sc1c(Cl)cccc1CO. The van der Waals surface area contributed by atoms with Crippen LogP contribution in [0.1, 0.15) is 25.8 Å². The molecule has 0 spiro atoms. The van der Waals surface area contributed by atoms with Gasteiger partial charge in [-0.15, -0.1) is 11.8 Å². The summed E-state index contributed by atoms with van der Waals surface area (Å²) in [6.45, 7) is 4.36. The van der Waals surface area contributed by atoms with E-state index in [9.17, 15) is 0 Å². The Labute approximate surface area is 94.5 Å². The van der Waals surface area contributed by atoms with Crippen LogP contribution < -0.4 is 0 Å². The van der Waals surface area contributed by atoms with Crippen molar-refractivity contribution in [3.05, 3.63) is 28.8 Å². The minimum Gasteiger partial charge on any atom is -0.392 e. The van der Waals surface area contributed by atoms with Gasteiger partial charge in [-0.05, 0) is 18.1 Å². The van der Waals surface area contributed by atoms with E-state index in [1.54, 1.807) is 11.8 Å². The highest BCUT2D eigenvalue weighted by molar-refractivity contribution is 8.00. The average molecular weight is 231 g/mol. The lowest BCUT2D eigenvalue weighted by Crippen LogP contribution is -1.96. The monoisotopic (exact) mass is 230 g/mol. The van der Waals surface area contributed by atoms with Gasteiger partial charge in [0.1, 0.15) is 0 Å². The summed E-state index contributed by atoms with van der Waals surface area (Å²) in [5.74, 6) is 0. The van der Waals surface area contributed by atoms with Crippen molar-refractivity contribution in [2.24, 2.45) is 0 Å². The molecule has 0 bridgehead atoms. The molecule has 0 aliphatic rings. The Kier molecular flexibility index (Phi) is 4.79. The number of thioether (sulfide) groups is 1. The van der Waals surface area contributed by atoms with E-state index in [1.807, 2.05) is 18.2 Å². The lowest BCUT2D eigenvalue weighted by Gasteiger charge is -2.13. The first kappa shape index (κ1) is 11.9. The molecule has 3 heteroatoms. The van der Waals surface area contributed by atoms with Gasteiger partial charge in [-0.3, -0.25) is 0 Å². The summed E-state index contributed by atoms with van der Waals surface area (Å²) in [7, 11) is 0. The zero-order valence-electron chi connectivity index (χ0n) is 8.46. The van der Waals surface area contributed by atoms with Crippen LogP contribution in [0, 0.1) is 0 Å². The summed E-state index contributed by atoms with van der Waals surface area (Å²) in [5.41, 5.74) is 0.919. The van der Waals surface area contributed by atoms with Gasteiger partial charge in [0.25, 0.3) is 0 Å². The lowest BCUT2D eigenvalue weighted by atomic mass is 10.2. The average Bonchev–Trinajstić information content (AvgIpc) is 2.20. The van der Waals surface area contributed by atoms with Crippen LogP contribution in [0.3, 0.4) is 0 Å². The molecule has 0 radical (unpaired) electrons. The summed E-state index contributed by atoms with van der Waals surface area (Å²) in [4.78, 5) is 1.02. The Bertz CT molecular complexity index is 301. The van der Waals surface area contributed by atoms with Crippen LogP contribution >= 0.6 is 23.4 Å². The Morgan fingerprint density at radius 1 is 1.50 bits per heavy atom. The summed E-state index contributed by atoms with van der Waals surface area (Å²) in [6, 6.07) is 5.65. The molecule has 0 saturated heterocycles. The first-order valence-corrected chi connectivity index (χ1v) is 5.99. The van der Waals surface area contributed by atoms with Gasteiger partial charge in [0.2, 0.25) is 0 Å². The molecule has 0 aliphatic carbocycles. The molecule has 1 rings (SSSR count). The number of rotatable bonds is 4. The normalized spacial score (nSPS) is 12.9. The number of aliphatic hydroxyl groups excluding tert-OH is 1. The minimum atomic E-state index is 0.0549. The minimum absolute atomic E-state index is 0.0549. The van der Waals surface area contributed by atoms with E-state index in [-0.39, 0.29) is 6.61 Å². The first-order chi connectivity index (χ1) is 6.69. The molecule has 1 N–H and O–H groups in total. The van der Waals surface area contributed by atoms with Crippen molar-refractivity contribution in [2.75, 3.05) is 0 Å². The van der Waals surface area contributed by atoms with E-state index in [0.29, 0.717) is 5.25 Å². The van der Waals surface area contributed by atoms with Crippen LogP contribution in [-0.2, 0) is 6.61 Å². The first-order valence-electron chi connectivity index (χ1n) is 4.74. The number of hydrogen-bond acceptors (Lipinski definition) is 2. The van der Waals surface area contributed by atoms with Crippen molar-refractivity contribution < 1.29 is 5.11 Å². The molecule has 1 aromatic rings. The summed E-state index contributed by atoms with van der Waals surface area (Å²) < 4.78 is 0. The third-order valence-corrected chi connectivity index (χ3v) is 3.99. The summed E-state index contributed by atoms with van der Waals surface area (Å²) >= 11 is 7.81. The molecule has 0 amide bonds.